The lowest BCUT2D eigenvalue weighted by molar-refractivity contribution is 0.0949. The van der Waals surface area contributed by atoms with Crippen LogP contribution in [0.3, 0.4) is 0 Å². The maximum absolute atomic E-state index is 11.9. The predicted octanol–water partition coefficient (Wildman–Crippen LogP) is 2.42. The lowest BCUT2D eigenvalue weighted by atomic mass is 10.2. The van der Waals surface area contributed by atoms with Gasteiger partial charge < -0.3 is 15.1 Å². The molecule has 20 heavy (non-hydrogen) atoms. The van der Waals surface area contributed by atoms with Gasteiger partial charge in [0.1, 0.15) is 6.26 Å². The molecule has 0 spiro atoms. The Morgan fingerprint density at radius 3 is 2.65 bits per heavy atom. The second kappa shape index (κ2) is 5.21. The fraction of sp³-hybridized carbons (Fsp3) is 0.200. The third kappa shape index (κ3) is 2.88. The second-order valence-corrected chi connectivity index (χ2v) is 4.79. The van der Waals surface area contributed by atoms with Crippen LogP contribution in [0.4, 0.5) is 5.69 Å². The molecule has 2 aromatic rings. The summed E-state index contributed by atoms with van der Waals surface area (Å²) in [6, 6.07) is 8.77. The Morgan fingerprint density at radius 1 is 1.10 bits per heavy atom. The van der Waals surface area contributed by atoms with E-state index < -0.39 is 0 Å². The molecule has 1 aliphatic rings. The number of amides is 2. The number of anilines is 1. The Labute approximate surface area is 116 Å². The summed E-state index contributed by atoms with van der Waals surface area (Å²) < 4.78 is 4.86. The molecule has 102 valence electrons. The number of hydrogen-bond acceptors (Lipinski definition) is 3. The molecule has 5 heteroatoms. The highest BCUT2D eigenvalue weighted by Gasteiger charge is 2.23. The first-order valence-corrected chi connectivity index (χ1v) is 6.47. The van der Waals surface area contributed by atoms with Crippen molar-refractivity contribution in [2.75, 3.05) is 5.32 Å². The van der Waals surface area contributed by atoms with E-state index in [0.717, 1.165) is 12.8 Å². The minimum atomic E-state index is -0.265. The molecule has 1 heterocycles. The molecule has 2 N–H and O–H groups in total. The zero-order chi connectivity index (χ0) is 13.9. The molecule has 0 saturated heterocycles. The summed E-state index contributed by atoms with van der Waals surface area (Å²) in [5, 5.41) is 5.64. The van der Waals surface area contributed by atoms with E-state index in [0.29, 0.717) is 22.9 Å². The van der Waals surface area contributed by atoms with Gasteiger partial charge in [0, 0.05) is 17.3 Å². The van der Waals surface area contributed by atoms with Crippen molar-refractivity contribution in [3.63, 3.8) is 0 Å². The van der Waals surface area contributed by atoms with Crippen LogP contribution in [-0.2, 0) is 0 Å². The normalized spacial score (nSPS) is 13.8. The average Bonchev–Trinajstić information content (AvgIpc) is 3.08. The Morgan fingerprint density at radius 2 is 1.95 bits per heavy atom. The van der Waals surface area contributed by atoms with Gasteiger partial charge in [-0.2, -0.15) is 0 Å². The number of carbonyl (C=O) groups is 2. The monoisotopic (exact) mass is 270 g/mol. The first-order valence-electron chi connectivity index (χ1n) is 6.47. The van der Waals surface area contributed by atoms with Gasteiger partial charge in [0.2, 0.25) is 0 Å². The molecule has 0 atom stereocenters. The lowest BCUT2D eigenvalue weighted by Gasteiger charge is -2.07. The van der Waals surface area contributed by atoms with Crippen molar-refractivity contribution in [1.29, 1.82) is 0 Å². The summed E-state index contributed by atoms with van der Waals surface area (Å²) in [5.41, 5.74) is 1.57. The number of hydrogen-bond donors (Lipinski definition) is 2. The number of nitrogens with one attached hydrogen (secondary N) is 2. The lowest BCUT2D eigenvalue weighted by Crippen LogP contribution is -2.25. The summed E-state index contributed by atoms with van der Waals surface area (Å²) in [6.07, 6.45) is 4.90. The Hall–Kier alpha value is -2.56. The molecule has 1 aromatic carbocycles. The number of rotatable bonds is 4. The maximum Gasteiger partial charge on any atom is 0.258 e. The SMILES string of the molecule is O=C(Nc1cccc(C(=O)NC2CC2)c1)c1ccoc1. The summed E-state index contributed by atoms with van der Waals surface area (Å²) in [4.78, 5) is 23.8. The zero-order valence-electron chi connectivity index (χ0n) is 10.8. The van der Waals surface area contributed by atoms with E-state index in [4.69, 9.17) is 4.42 Å². The highest BCUT2D eigenvalue weighted by atomic mass is 16.3. The summed E-state index contributed by atoms with van der Waals surface area (Å²) in [6.45, 7) is 0. The quantitative estimate of drug-likeness (QED) is 0.896. The van der Waals surface area contributed by atoms with Crippen LogP contribution in [0.5, 0.6) is 0 Å². The molecule has 2 amide bonds. The summed E-state index contributed by atoms with van der Waals surface area (Å²) in [5.74, 6) is -0.370. The van der Waals surface area contributed by atoms with Crippen molar-refractivity contribution in [3.8, 4) is 0 Å². The van der Waals surface area contributed by atoms with Crippen LogP contribution in [-0.4, -0.2) is 17.9 Å². The van der Waals surface area contributed by atoms with Crippen LogP contribution >= 0.6 is 0 Å². The minimum absolute atomic E-state index is 0.105. The van der Waals surface area contributed by atoms with Gasteiger partial charge in [-0.3, -0.25) is 9.59 Å². The highest BCUT2D eigenvalue weighted by molar-refractivity contribution is 6.04. The Kier molecular flexibility index (Phi) is 3.25. The van der Waals surface area contributed by atoms with Gasteiger partial charge in [-0.1, -0.05) is 6.07 Å². The number of furan rings is 1. The second-order valence-electron chi connectivity index (χ2n) is 4.79. The van der Waals surface area contributed by atoms with E-state index in [-0.39, 0.29) is 11.8 Å². The fourth-order valence-electron chi connectivity index (χ4n) is 1.83. The van der Waals surface area contributed by atoms with Crippen molar-refractivity contribution >= 4 is 17.5 Å². The molecular formula is C15H14N2O3. The van der Waals surface area contributed by atoms with Crippen molar-refractivity contribution in [2.24, 2.45) is 0 Å². The van der Waals surface area contributed by atoms with Crippen LogP contribution in [0, 0.1) is 0 Å². The molecule has 0 radical (unpaired) electrons. The predicted molar refractivity (Wildman–Crippen MR) is 73.6 cm³/mol. The van der Waals surface area contributed by atoms with Gasteiger partial charge in [-0.05, 0) is 37.1 Å². The van der Waals surface area contributed by atoms with Crippen molar-refractivity contribution in [3.05, 3.63) is 54.0 Å². The molecular weight excluding hydrogens is 256 g/mol. The molecule has 1 aliphatic carbocycles. The largest absolute Gasteiger partial charge is 0.472 e. The van der Waals surface area contributed by atoms with E-state index in [1.807, 2.05) is 0 Å². The van der Waals surface area contributed by atoms with Gasteiger partial charge in [-0.25, -0.2) is 0 Å². The van der Waals surface area contributed by atoms with E-state index >= 15 is 0 Å². The molecule has 0 aliphatic heterocycles. The van der Waals surface area contributed by atoms with Crippen molar-refractivity contribution in [2.45, 2.75) is 18.9 Å². The van der Waals surface area contributed by atoms with E-state index in [1.54, 1.807) is 30.3 Å². The summed E-state index contributed by atoms with van der Waals surface area (Å²) >= 11 is 0. The van der Waals surface area contributed by atoms with Gasteiger partial charge in [0.15, 0.2) is 0 Å². The Balaban J connectivity index is 1.70. The van der Waals surface area contributed by atoms with Crippen LogP contribution < -0.4 is 10.6 Å². The zero-order valence-corrected chi connectivity index (χ0v) is 10.8. The first kappa shape index (κ1) is 12.5. The third-order valence-electron chi connectivity index (χ3n) is 3.08. The van der Waals surface area contributed by atoms with Crippen LogP contribution in [0.2, 0.25) is 0 Å². The highest BCUT2D eigenvalue weighted by Crippen LogP contribution is 2.20. The van der Waals surface area contributed by atoms with Crippen LogP contribution in [0.1, 0.15) is 33.6 Å². The van der Waals surface area contributed by atoms with Gasteiger partial charge in [0.25, 0.3) is 11.8 Å². The molecule has 1 fully saturated rings. The first-order chi connectivity index (χ1) is 9.72. The maximum atomic E-state index is 11.9. The van der Waals surface area contributed by atoms with Gasteiger partial charge >= 0.3 is 0 Å². The molecule has 1 aromatic heterocycles. The third-order valence-corrected chi connectivity index (χ3v) is 3.08. The summed E-state index contributed by atoms with van der Waals surface area (Å²) in [7, 11) is 0. The molecule has 5 nitrogen and oxygen atoms in total. The van der Waals surface area contributed by atoms with Crippen LogP contribution in [0.15, 0.2) is 47.3 Å². The van der Waals surface area contributed by atoms with Crippen molar-refractivity contribution in [1.82, 2.24) is 5.32 Å². The van der Waals surface area contributed by atoms with E-state index in [1.165, 1.54) is 12.5 Å². The smallest absolute Gasteiger partial charge is 0.258 e. The van der Waals surface area contributed by atoms with Gasteiger partial charge in [-0.15, -0.1) is 0 Å². The molecule has 0 bridgehead atoms. The van der Waals surface area contributed by atoms with Crippen LogP contribution in [0.25, 0.3) is 0 Å². The van der Waals surface area contributed by atoms with E-state index in [9.17, 15) is 9.59 Å². The fourth-order valence-corrected chi connectivity index (χ4v) is 1.83. The molecule has 1 saturated carbocycles. The topological polar surface area (TPSA) is 71.3 Å². The van der Waals surface area contributed by atoms with Gasteiger partial charge in [0.05, 0.1) is 11.8 Å². The average molecular weight is 270 g/mol. The number of benzene rings is 1. The molecule has 0 unspecified atom stereocenters. The molecule has 3 rings (SSSR count). The minimum Gasteiger partial charge on any atom is -0.472 e. The van der Waals surface area contributed by atoms with E-state index in [2.05, 4.69) is 10.6 Å². The van der Waals surface area contributed by atoms with Crippen molar-refractivity contribution < 1.29 is 14.0 Å². The number of carbonyl (C=O) groups excluding carboxylic acids is 2. The Bertz CT molecular complexity index is 630. The standard InChI is InChI=1S/C15H14N2O3/c18-14(16-12-4-5-12)10-2-1-3-13(8-10)17-15(19)11-6-7-20-9-11/h1-3,6-9,12H,4-5H2,(H,16,18)(H,17,19).